The number of nitrogens with zero attached hydrogens (tertiary/aromatic N) is 1. The van der Waals surface area contributed by atoms with Gasteiger partial charge in [0.05, 0.1) is 31.3 Å². The van der Waals surface area contributed by atoms with Crippen molar-refractivity contribution in [3.63, 3.8) is 0 Å². The molecule has 0 spiro atoms. The number of hydrogen-bond donors (Lipinski definition) is 2. The minimum atomic E-state index is -0.587. The highest BCUT2D eigenvalue weighted by molar-refractivity contribution is 5.77. The Hall–Kier alpha value is -3.22. The van der Waals surface area contributed by atoms with E-state index in [9.17, 15) is 4.79 Å². The number of rotatable bonds is 6. The first kappa shape index (κ1) is 20.5. The zero-order valence-electron chi connectivity index (χ0n) is 17.4. The summed E-state index contributed by atoms with van der Waals surface area (Å²) in [6.45, 7) is 5.50. The molecule has 0 aliphatic rings. The Balaban J connectivity index is 1.89. The monoisotopic (exact) mass is 397 g/mol. The number of hydrogen-bond acceptors (Lipinski definition) is 5. The van der Waals surface area contributed by atoms with Crippen LogP contribution < -0.4 is 14.8 Å². The number of aromatic nitrogens is 2. The fraction of sp³-hybridized carbons (Fsp3) is 0.364. The number of carbonyl (C=O) groups is 1. The van der Waals surface area contributed by atoms with Crippen molar-refractivity contribution in [2.45, 2.75) is 38.8 Å². The lowest BCUT2D eigenvalue weighted by atomic mass is 10.1. The average molecular weight is 397 g/mol. The summed E-state index contributed by atoms with van der Waals surface area (Å²) >= 11 is 0. The van der Waals surface area contributed by atoms with Crippen LogP contribution in [0.2, 0.25) is 0 Å². The van der Waals surface area contributed by atoms with Gasteiger partial charge in [-0.25, -0.2) is 9.78 Å². The third-order valence-electron chi connectivity index (χ3n) is 4.33. The molecule has 1 atom stereocenters. The van der Waals surface area contributed by atoms with Crippen molar-refractivity contribution < 1.29 is 19.0 Å². The number of imidazole rings is 1. The number of aromatic amines is 1. The number of fused-ring (bicyclic) bond motifs is 1. The predicted octanol–water partition coefficient (Wildman–Crippen LogP) is 4.39. The molecule has 7 heteroatoms. The van der Waals surface area contributed by atoms with E-state index in [4.69, 9.17) is 14.2 Å². The number of carbonyl (C=O) groups excluding carboxylic acids is 1. The van der Waals surface area contributed by atoms with Crippen LogP contribution >= 0.6 is 0 Å². The maximum Gasteiger partial charge on any atom is 0.408 e. The molecular formula is C22H27N3O4. The number of nitrogens with one attached hydrogen (secondary N) is 2. The van der Waals surface area contributed by atoms with E-state index >= 15 is 0 Å². The molecule has 7 nitrogen and oxygen atoms in total. The van der Waals surface area contributed by atoms with Crippen LogP contribution in [0.1, 0.15) is 38.2 Å². The Bertz CT molecular complexity index is 974. The molecule has 1 amide bonds. The quantitative estimate of drug-likeness (QED) is 0.644. The Morgan fingerprint density at radius 1 is 1.07 bits per heavy atom. The normalized spacial score (nSPS) is 12.4. The van der Waals surface area contributed by atoms with Crippen molar-refractivity contribution in [1.29, 1.82) is 0 Å². The van der Waals surface area contributed by atoms with Crippen molar-refractivity contribution in [3.8, 4) is 11.5 Å². The van der Waals surface area contributed by atoms with E-state index in [-0.39, 0.29) is 0 Å². The molecule has 0 saturated carbocycles. The van der Waals surface area contributed by atoms with E-state index in [1.165, 1.54) is 0 Å². The first-order valence-electron chi connectivity index (χ1n) is 9.43. The van der Waals surface area contributed by atoms with E-state index in [0.717, 1.165) is 28.1 Å². The maximum absolute atomic E-state index is 12.4. The number of H-pyrrole nitrogens is 1. The van der Waals surface area contributed by atoms with Crippen LogP contribution in [0.3, 0.4) is 0 Å². The molecule has 3 rings (SSSR count). The van der Waals surface area contributed by atoms with Crippen molar-refractivity contribution >= 4 is 17.1 Å². The zero-order chi connectivity index (χ0) is 21.0. The second kappa shape index (κ2) is 8.43. The Morgan fingerprint density at radius 2 is 1.72 bits per heavy atom. The second-order valence-corrected chi connectivity index (χ2v) is 7.76. The lowest BCUT2D eigenvalue weighted by Gasteiger charge is -2.23. The van der Waals surface area contributed by atoms with Crippen molar-refractivity contribution in [2.75, 3.05) is 14.2 Å². The van der Waals surface area contributed by atoms with E-state index < -0.39 is 17.7 Å². The molecule has 0 aliphatic heterocycles. The zero-order valence-corrected chi connectivity index (χ0v) is 17.4. The van der Waals surface area contributed by atoms with Crippen molar-refractivity contribution in [2.24, 2.45) is 0 Å². The summed E-state index contributed by atoms with van der Waals surface area (Å²) in [5.41, 5.74) is 2.08. The van der Waals surface area contributed by atoms with Gasteiger partial charge >= 0.3 is 6.09 Å². The summed E-state index contributed by atoms with van der Waals surface area (Å²) in [5, 5.41) is 2.94. The number of ether oxygens (including phenoxy) is 3. The van der Waals surface area contributed by atoms with Gasteiger partial charge in [-0.15, -0.1) is 0 Å². The molecular weight excluding hydrogens is 370 g/mol. The predicted molar refractivity (Wildman–Crippen MR) is 111 cm³/mol. The van der Waals surface area contributed by atoms with Crippen LogP contribution in [0, 0.1) is 0 Å². The highest BCUT2D eigenvalue weighted by atomic mass is 16.6. The molecule has 0 saturated heterocycles. The molecule has 3 aromatic rings. The van der Waals surface area contributed by atoms with Gasteiger partial charge in [-0.2, -0.15) is 0 Å². The summed E-state index contributed by atoms with van der Waals surface area (Å²) in [6.07, 6.45) is 0.0502. The smallest absolute Gasteiger partial charge is 0.408 e. The fourth-order valence-electron chi connectivity index (χ4n) is 2.96. The summed E-state index contributed by atoms with van der Waals surface area (Å²) in [4.78, 5) is 20.4. The number of benzene rings is 2. The molecule has 0 unspecified atom stereocenters. The van der Waals surface area contributed by atoms with Crippen molar-refractivity contribution in [1.82, 2.24) is 15.3 Å². The van der Waals surface area contributed by atoms with Crippen LogP contribution in [-0.2, 0) is 11.2 Å². The molecule has 154 valence electrons. The first-order chi connectivity index (χ1) is 13.8. The number of amides is 1. The molecule has 1 heterocycles. The minimum Gasteiger partial charge on any atom is -0.497 e. The van der Waals surface area contributed by atoms with Crippen molar-refractivity contribution in [3.05, 3.63) is 53.9 Å². The van der Waals surface area contributed by atoms with E-state index in [1.807, 2.05) is 63.2 Å². The van der Waals surface area contributed by atoms with Crippen LogP contribution in [0.25, 0.3) is 11.0 Å². The Morgan fingerprint density at radius 3 is 2.34 bits per heavy atom. The SMILES string of the molecule is COc1ccc(C[C@@H](NC(=O)OC(C)(C)C)c2nc3ccc(OC)cc3[nH]2)cc1. The standard InChI is InChI=1S/C22H27N3O4/c1-22(2,3)29-21(26)25-19(12-14-6-8-15(27-4)9-7-14)20-23-17-11-10-16(28-5)13-18(17)24-20/h6-11,13,19H,12H2,1-5H3,(H,23,24)(H,25,26)/t19-/m1/s1. The van der Waals surface area contributed by atoms with Crippen LogP contribution in [-0.4, -0.2) is 35.9 Å². The molecule has 2 N–H and O–H groups in total. The molecule has 0 aliphatic carbocycles. The highest BCUT2D eigenvalue weighted by Gasteiger charge is 2.23. The third kappa shape index (κ3) is 5.40. The van der Waals surface area contributed by atoms with Crippen LogP contribution in [0.15, 0.2) is 42.5 Å². The Labute approximate surface area is 170 Å². The van der Waals surface area contributed by atoms with Gasteiger partial charge < -0.3 is 24.5 Å². The fourth-order valence-corrected chi connectivity index (χ4v) is 2.96. The van der Waals surface area contributed by atoms with E-state index in [1.54, 1.807) is 14.2 Å². The lowest BCUT2D eigenvalue weighted by molar-refractivity contribution is 0.0501. The molecule has 1 aromatic heterocycles. The molecule has 29 heavy (non-hydrogen) atoms. The molecule has 0 radical (unpaired) electrons. The first-order valence-corrected chi connectivity index (χ1v) is 9.43. The van der Waals surface area contributed by atoms with Gasteiger partial charge in [-0.1, -0.05) is 12.1 Å². The summed E-state index contributed by atoms with van der Waals surface area (Å²) in [7, 11) is 3.25. The average Bonchev–Trinajstić information content (AvgIpc) is 3.09. The van der Waals surface area contributed by atoms with Gasteiger partial charge in [0, 0.05) is 12.5 Å². The van der Waals surface area contributed by atoms with Crippen LogP contribution in [0.5, 0.6) is 11.5 Å². The number of alkyl carbamates (subject to hydrolysis) is 1. The third-order valence-corrected chi connectivity index (χ3v) is 4.33. The second-order valence-electron chi connectivity index (χ2n) is 7.76. The molecule has 0 fully saturated rings. The lowest BCUT2D eigenvalue weighted by Crippen LogP contribution is -2.36. The summed E-state index contributed by atoms with van der Waals surface area (Å²) in [6, 6.07) is 12.9. The van der Waals surface area contributed by atoms with Gasteiger partial charge in [0.25, 0.3) is 0 Å². The minimum absolute atomic E-state index is 0.392. The van der Waals surface area contributed by atoms with Crippen LogP contribution in [0.4, 0.5) is 4.79 Å². The van der Waals surface area contributed by atoms with Gasteiger partial charge in [-0.3, -0.25) is 0 Å². The van der Waals surface area contributed by atoms with Gasteiger partial charge in [0.15, 0.2) is 0 Å². The summed E-state index contributed by atoms with van der Waals surface area (Å²) < 4.78 is 15.9. The highest BCUT2D eigenvalue weighted by Crippen LogP contribution is 2.24. The van der Waals surface area contributed by atoms with E-state index in [0.29, 0.717) is 12.2 Å². The van der Waals surface area contributed by atoms with Gasteiger partial charge in [0.2, 0.25) is 0 Å². The largest absolute Gasteiger partial charge is 0.497 e. The topological polar surface area (TPSA) is 85.5 Å². The molecule has 0 bridgehead atoms. The summed E-state index contributed by atoms with van der Waals surface area (Å²) in [5.74, 6) is 2.16. The Kier molecular flexibility index (Phi) is 5.96. The van der Waals surface area contributed by atoms with Gasteiger partial charge in [0.1, 0.15) is 22.9 Å². The number of methoxy groups -OCH3 is 2. The van der Waals surface area contributed by atoms with Gasteiger partial charge in [-0.05, 0) is 50.6 Å². The molecule has 2 aromatic carbocycles. The maximum atomic E-state index is 12.4. The van der Waals surface area contributed by atoms with E-state index in [2.05, 4.69) is 15.3 Å².